The van der Waals surface area contributed by atoms with Crippen LogP contribution in [-0.4, -0.2) is 50.0 Å². The van der Waals surface area contributed by atoms with Gasteiger partial charge in [0.05, 0.1) is 25.5 Å². The van der Waals surface area contributed by atoms with Crippen LogP contribution >= 0.6 is 0 Å². The predicted molar refractivity (Wildman–Crippen MR) is 73.2 cm³/mol. The van der Waals surface area contributed by atoms with Crippen molar-refractivity contribution in [1.82, 2.24) is 10.3 Å². The Balaban J connectivity index is 1.51. The molecule has 2 aliphatic heterocycles. The van der Waals surface area contributed by atoms with Gasteiger partial charge >= 0.3 is 0 Å². The van der Waals surface area contributed by atoms with E-state index in [2.05, 4.69) is 15.6 Å². The number of hydrogen-bond donors (Lipinski definition) is 2. The molecule has 3 rings (SSSR count). The first kappa shape index (κ1) is 12.8. The van der Waals surface area contributed by atoms with E-state index < -0.39 is 0 Å². The van der Waals surface area contributed by atoms with Crippen LogP contribution in [0.3, 0.4) is 0 Å². The summed E-state index contributed by atoms with van der Waals surface area (Å²) in [4.78, 5) is 4.10. The molecular weight excluding hydrogens is 242 g/mol. The average Bonchev–Trinajstić information content (AvgIpc) is 2.70. The van der Waals surface area contributed by atoms with Gasteiger partial charge in [0.25, 0.3) is 0 Å². The van der Waals surface area contributed by atoms with Gasteiger partial charge in [0, 0.05) is 37.9 Å². The number of aromatic nitrogens is 1. The van der Waals surface area contributed by atoms with Gasteiger partial charge in [-0.2, -0.15) is 0 Å². The third-order valence-corrected chi connectivity index (χ3v) is 3.78. The second-order valence-electron chi connectivity index (χ2n) is 5.42. The fraction of sp³-hybridized carbons (Fsp3) is 0.643. The summed E-state index contributed by atoms with van der Waals surface area (Å²) in [6.45, 7) is 5.04. The minimum Gasteiger partial charge on any atom is -0.383 e. The number of nitrogens with one attached hydrogen (secondary N) is 2. The van der Waals surface area contributed by atoms with Gasteiger partial charge in [0.1, 0.15) is 5.60 Å². The van der Waals surface area contributed by atoms with Crippen LogP contribution < -0.4 is 10.6 Å². The fourth-order valence-corrected chi connectivity index (χ4v) is 2.79. The monoisotopic (exact) mass is 263 g/mol. The van der Waals surface area contributed by atoms with Crippen LogP contribution in [0.15, 0.2) is 24.5 Å². The van der Waals surface area contributed by atoms with Gasteiger partial charge in [-0.3, -0.25) is 4.98 Å². The SMILES string of the molecule is c1cncc(NC[C@H]2CO[C@]3(CNCCOC3)C2)c1. The first-order valence-corrected chi connectivity index (χ1v) is 6.93. The molecule has 104 valence electrons. The first-order valence-electron chi connectivity index (χ1n) is 6.93. The second kappa shape index (κ2) is 5.86. The van der Waals surface area contributed by atoms with Crippen LogP contribution in [0.2, 0.25) is 0 Å². The minimum atomic E-state index is -0.113. The van der Waals surface area contributed by atoms with Crippen molar-refractivity contribution >= 4 is 5.69 Å². The van der Waals surface area contributed by atoms with Crippen molar-refractivity contribution in [3.05, 3.63) is 24.5 Å². The summed E-state index contributed by atoms with van der Waals surface area (Å²) in [6.07, 6.45) is 4.68. The quantitative estimate of drug-likeness (QED) is 0.848. The molecule has 2 saturated heterocycles. The molecule has 19 heavy (non-hydrogen) atoms. The standard InChI is InChI=1S/C14H21N3O2/c1-2-13(8-15-3-1)17-7-12-6-14(19-9-12)10-16-4-5-18-11-14/h1-3,8,12,16-17H,4-7,9-11H2/t12-,14-/m0/s1. The van der Waals surface area contributed by atoms with E-state index in [0.29, 0.717) is 12.5 Å². The highest BCUT2D eigenvalue weighted by molar-refractivity contribution is 5.39. The Morgan fingerprint density at radius 2 is 2.53 bits per heavy atom. The number of ether oxygens (including phenoxy) is 2. The molecule has 0 aromatic carbocycles. The highest BCUT2D eigenvalue weighted by atomic mass is 16.5. The molecule has 2 aliphatic rings. The molecule has 2 atom stereocenters. The number of anilines is 1. The van der Waals surface area contributed by atoms with Crippen LogP contribution in [0.25, 0.3) is 0 Å². The zero-order valence-corrected chi connectivity index (χ0v) is 11.1. The molecule has 3 heterocycles. The van der Waals surface area contributed by atoms with Crippen molar-refractivity contribution in [1.29, 1.82) is 0 Å². The summed E-state index contributed by atoms with van der Waals surface area (Å²) in [6, 6.07) is 3.98. The van der Waals surface area contributed by atoms with Crippen molar-refractivity contribution in [3.63, 3.8) is 0 Å². The van der Waals surface area contributed by atoms with E-state index in [9.17, 15) is 0 Å². The molecule has 5 heteroatoms. The van der Waals surface area contributed by atoms with E-state index >= 15 is 0 Å². The highest BCUT2D eigenvalue weighted by Crippen LogP contribution is 2.31. The van der Waals surface area contributed by atoms with E-state index in [1.807, 2.05) is 18.3 Å². The first-order chi connectivity index (χ1) is 9.36. The number of rotatable bonds is 3. The van der Waals surface area contributed by atoms with Crippen molar-refractivity contribution in [2.45, 2.75) is 12.0 Å². The van der Waals surface area contributed by atoms with Crippen LogP contribution in [0.4, 0.5) is 5.69 Å². The lowest BCUT2D eigenvalue weighted by Gasteiger charge is -2.25. The van der Waals surface area contributed by atoms with E-state index in [4.69, 9.17) is 9.47 Å². The Kier molecular flexibility index (Phi) is 3.96. The van der Waals surface area contributed by atoms with E-state index in [-0.39, 0.29) is 5.60 Å². The van der Waals surface area contributed by atoms with Crippen molar-refractivity contribution in [2.75, 3.05) is 44.8 Å². The normalized spacial score (nSPS) is 31.3. The molecule has 1 aromatic heterocycles. The fourth-order valence-electron chi connectivity index (χ4n) is 2.79. The largest absolute Gasteiger partial charge is 0.383 e. The topological polar surface area (TPSA) is 55.4 Å². The summed E-state index contributed by atoms with van der Waals surface area (Å²) in [5, 5.41) is 6.81. The van der Waals surface area contributed by atoms with E-state index in [0.717, 1.165) is 45.0 Å². The van der Waals surface area contributed by atoms with Gasteiger partial charge in [-0.25, -0.2) is 0 Å². The number of pyridine rings is 1. The van der Waals surface area contributed by atoms with Gasteiger partial charge in [-0.1, -0.05) is 0 Å². The van der Waals surface area contributed by atoms with Crippen molar-refractivity contribution in [3.8, 4) is 0 Å². The Morgan fingerprint density at radius 3 is 3.42 bits per heavy atom. The molecule has 1 spiro atoms. The second-order valence-corrected chi connectivity index (χ2v) is 5.42. The van der Waals surface area contributed by atoms with Gasteiger partial charge in [0.15, 0.2) is 0 Å². The third-order valence-electron chi connectivity index (χ3n) is 3.78. The molecule has 0 radical (unpaired) electrons. The molecule has 0 saturated carbocycles. The maximum Gasteiger partial charge on any atom is 0.104 e. The summed E-state index contributed by atoms with van der Waals surface area (Å²) in [5.41, 5.74) is 0.955. The van der Waals surface area contributed by atoms with Gasteiger partial charge in [0.2, 0.25) is 0 Å². The molecule has 0 bridgehead atoms. The Labute approximate surface area is 113 Å². The third kappa shape index (κ3) is 3.23. The molecule has 0 aliphatic carbocycles. The lowest BCUT2D eigenvalue weighted by atomic mass is 9.94. The maximum atomic E-state index is 6.02. The van der Waals surface area contributed by atoms with Gasteiger partial charge < -0.3 is 20.1 Å². The molecule has 1 aromatic rings. The molecule has 2 N–H and O–H groups in total. The molecular formula is C14H21N3O2. The number of nitrogens with zero attached hydrogens (tertiary/aromatic N) is 1. The zero-order chi connectivity index (χ0) is 13.0. The lowest BCUT2D eigenvalue weighted by molar-refractivity contribution is -0.0471. The summed E-state index contributed by atoms with van der Waals surface area (Å²) in [7, 11) is 0. The average molecular weight is 263 g/mol. The number of hydrogen-bond acceptors (Lipinski definition) is 5. The van der Waals surface area contributed by atoms with Crippen LogP contribution in [0, 0.1) is 5.92 Å². The maximum absolute atomic E-state index is 6.02. The summed E-state index contributed by atoms with van der Waals surface area (Å²) >= 11 is 0. The smallest absolute Gasteiger partial charge is 0.104 e. The lowest BCUT2D eigenvalue weighted by Crippen LogP contribution is -2.42. The van der Waals surface area contributed by atoms with Crippen LogP contribution in [-0.2, 0) is 9.47 Å². The molecule has 0 amide bonds. The highest BCUT2D eigenvalue weighted by Gasteiger charge is 2.41. The molecule has 2 fully saturated rings. The van der Waals surface area contributed by atoms with Crippen LogP contribution in [0.1, 0.15) is 6.42 Å². The Bertz CT molecular complexity index is 391. The van der Waals surface area contributed by atoms with Crippen LogP contribution in [0.5, 0.6) is 0 Å². The Morgan fingerprint density at radius 1 is 1.53 bits per heavy atom. The Hall–Kier alpha value is -1.17. The molecule has 5 nitrogen and oxygen atoms in total. The summed E-state index contributed by atoms with van der Waals surface area (Å²) in [5.74, 6) is 0.531. The minimum absolute atomic E-state index is 0.113. The van der Waals surface area contributed by atoms with Gasteiger partial charge in [-0.05, 0) is 18.6 Å². The van der Waals surface area contributed by atoms with Crippen molar-refractivity contribution < 1.29 is 9.47 Å². The van der Waals surface area contributed by atoms with E-state index in [1.54, 1.807) is 6.20 Å². The van der Waals surface area contributed by atoms with Gasteiger partial charge in [-0.15, -0.1) is 0 Å². The zero-order valence-electron chi connectivity index (χ0n) is 11.1. The predicted octanol–water partition coefficient (Wildman–Crippen LogP) is 0.889. The molecule has 0 unspecified atom stereocenters. The van der Waals surface area contributed by atoms with E-state index in [1.165, 1.54) is 0 Å². The van der Waals surface area contributed by atoms with Crippen molar-refractivity contribution in [2.24, 2.45) is 5.92 Å². The summed E-state index contributed by atoms with van der Waals surface area (Å²) < 4.78 is 11.6.